The van der Waals surface area contributed by atoms with Gasteiger partial charge in [-0.05, 0) is 28.1 Å². The van der Waals surface area contributed by atoms with Crippen molar-refractivity contribution in [2.75, 3.05) is 6.61 Å². The topological polar surface area (TPSA) is 62.1 Å². The highest BCUT2D eigenvalue weighted by Crippen LogP contribution is 2.36. The van der Waals surface area contributed by atoms with Gasteiger partial charge in [-0.25, -0.2) is 0 Å². The van der Waals surface area contributed by atoms with Crippen molar-refractivity contribution in [3.63, 3.8) is 0 Å². The molecule has 0 atom stereocenters. The van der Waals surface area contributed by atoms with Crippen molar-refractivity contribution in [3.8, 4) is 11.5 Å². The second-order valence-corrected chi connectivity index (χ2v) is 3.49. The Kier molecular flexibility index (Phi) is 1.88. The number of oxime groups is 1. The number of benzene rings is 1. The van der Waals surface area contributed by atoms with Crippen LogP contribution >= 0.6 is 15.9 Å². The van der Waals surface area contributed by atoms with E-state index in [1.807, 2.05) is 0 Å². The summed E-state index contributed by atoms with van der Waals surface area (Å²) in [6, 6.07) is 3.03. The highest BCUT2D eigenvalue weighted by molar-refractivity contribution is 9.10. The summed E-state index contributed by atoms with van der Waals surface area (Å²) >= 11 is 3.23. The molecule has 0 saturated heterocycles. The van der Waals surface area contributed by atoms with E-state index in [2.05, 4.69) is 21.1 Å². The molecule has 0 fully saturated rings. The number of ether oxygens (including phenoxy) is 1. The third-order valence-electron chi connectivity index (χ3n) is 1.81. The first kappa shape index (κ1) is 8.37. The van der Waals surface area contributed by atoms with Gasteiger partial charge in [-0.1, -0.05) is 5.16 Å². The van der Waals surface area contributed by atoms with Gasteiger partial charge in [0.1, 0.15) is 23.8 Å². The first-order valence-corrected chi connectivity index (χ1v) is 4.38. The zero-order valence-corrected chi connectivity index (χ0v) is 8.08. The van der Waals surface area contributed by atoms with E-state index in [4.69, 9.17) is 9.94 Å². The van der Waals surface area contributed by atoms with Crippen molar-refractivity contribution in [1.82, 2.24) is 0 Å². The molecule has 4 nitrogen and oxygen atoms in total. The number of halogens is 1. The molecule has 1 aromatic carbocycles. The zero-order valence-electron chi connectivity index (χ0n) is 6.49. The van der Waals surface area contributed by atoms with Crippen LogP contribution in [-0.2, 0) is 0 Å². The molecule has 2 N–H and O–H groups in total. The van der Waals surface area contributed by atoms with Gasteiger partial charge in [-0.15, -0.1) is 0 Å². The van der Waals surface area contributed by atoms with E-state index < -0.39 is 0 Å². The van der Waals surface area contributed by atoms with Gasteiger partial charge < -0.3 is 15.1 Å². The number of aromatic hydroxyl groups is 1. The average Bonchev–Trinajstić information content (AvgIpc) is 2.47. The minimum Gasteiger partial charge on any atom is -0.508 e. The highest BCUT2D eigenvalue weighted by Gasteiger charge is 2.23. The van der Waals surface area contributed by atoms with E-state index in [1.54, 1.807) is 0 Å². The molecule has 1 aliphatic heterocycles. The van der Waals surface area contributed by atoms with Gasteiger partial charge in [-0.3, -0.25) is 0 Å². The summed E-state index contributed by atoms with van der Waals surface area (Å²) in [7, 11) is 0. The lowest BCUT2D eigenvalue weighted by molar-refractivity contribution is 0.313. The smallest absolute Gasteiger partial charge is 0.143 e. The van der Waals surface area contributed by atoms with E-state index in [0.29, 0.717) is 21.5 Å². The second-order valence-electron chi connectivity index (χ2n) is 2.64. The Balaban J connectivity index is 2.64. The number of fused-ring (bicyclic) bond motifs is 1. The fraction of sp³-hybridized carbons (Fsp3) is 0.125. The van der Waals surface area contributed by atoms with Crippen molar-refractivity contribution in [3.05, 3.63) is 22.2 Å². The zero-order chi connectivity index (χ0) is 9.42. The quantitative estimate of drug-likeness (QED) is 0.539. The van der Waals surface area contributed by atoms with Gasteiger partial charge in [0.2, 0.25) is 0 Å². The van der Waals surface area contributed by atoms with Crippen LogP contribution in [0.25, 0.3) is 0 Å². The maximum absolute atomic E-state index is 9.27. The van der Waals surface area contributed by atoms with Crippen LogP contribution in [0.3, 0.4) is 0 Å². The summed E-state index contributed by atoms with van der Waals surface area (Å²) in [5.74, 6) is 0.711. The van der Waals surface area contributed by atoms with Crippen molar-refractivity contribution in [1.29, 1.82) is 0 Å². The Morgan fingerprint density at radius 2 is 2.23 bits per heavy atom. The summed E-state index contributed by atoms with van der Waals surface area (Å²) in [5.41, 5.74) is 1.04. The molecule has 68 valence electrons. The van der Waals surface area contributed by atoms with Gasteiger partial charge in [0, 0.05) is 5.56 Å². The van der Waals surface area contributed by atoms with Gasteiger partial charge >= 0.3 is 0 Å². The minimum atomic E-state index is 0.109. The molecule has 0 bridgehead atoms. The van der Waals surface area contributed by atoms with E-state index in [-0.39, 0.29) is 12.4 Å². The fourth-order valence-electron chi connectivity index (χ4n) is 1.24. The van der Waals surface area contributed by atoms with Crippen LogP contribution in [0.1, 0.15) is 5.56 Å². The minimum absolute atomic E-state index is 0.109. The Hall–Kier alpha value is -1.23. The number of hydrogen-bond acceptors (Lipinski definition) is 4. The van der Waals surface area contributed by atoms with Gasteiger partial charge in [-0.2, -0.15) is 0 Å². The molecular formula is C8H6BrNO3. The van der Waals surface area contributed by atoms with E-state index >= 15 is 0 Å². The predicted molar refractivity (Wildman–Crippen MR) is 49.6 cm³/mol. The lowest BCUT2D eigenvalue weighted by Crippen LogP contribution is -2.01. The Morgan fingerprint density at radius 3 is 2.92 bits per heavy atom. The summed E-state index contributed by atoms with van der Waals surface area (Å²) in [4.78, 5) is 0. The predicted octanol–water partition coefficient (Wildman–Crippen LogP) is 1.73. The first-order chi connectivity index (χ1) is 6.22. The molecule has 0 saturated carbocycles. The third kappa shape index (κ3) is 1.25. The van der Waals surface area contributed by atoms with Gasteiger partial charge in [0.05, 0.1) is 4.47 Å². The third-order valence-corrected chi connectivity index (χ3v) is 2.40. The summed E-state index contributed by atoms with van der Waals surface area (Å²) in [6.45, 7) is 0.230. The Morgan fingerprint density at radius 1 is 1.46 bits per heavy atom. The van der Waals surface area contributed by atoms with Crippen LogP contribution in [0.15, 0.2) is 21.8 Å². The lowest BCUT2D eigenvalue weighted by atomic mass is 10.1. The second kappa shape index (κ2) is 2.92. The number of hydrogen-bond donors (Lipinski definition) is 2. The molecule has 0 aliphatic carbocycles. The molecule has 0 unspecified atom stereocenters. The van der Waals surface area contributed by atoms with E-state index in [1.165, 1.54) is 12.1 Å². The van der Waals surface area contributed by atoms with Crippen molar-refractivity contribution < 1.29 is 15.1 Å². The molecule has 13 heavy (non-hydrogen) atoms. The van der Waals surface area contributed by atoms with Crippen LogP contribution in [0.4, 0.5) is 0 Å². The SMILES string of the molecule is O/N=C1\COc2c(Br)cc(O)cc21. The van der Waals surface area contributed by atoms with Crippen molar-refractivity contribution in [2.45, 2.75) is 0 Å². The van der Waals surface area contributed by atoms with E-state index in [9.17, 15) is 5.11 Å². The van der Waals surface area contributed by atoms with Crippen LogP contribution < -0.4 is 4.74 Å². The summed E-state index contributed by atoms with van der Waals surface area (Å²) < 4.78 is 5.89. The van der Waals surface area contributed by atoms with Crippen LogP contribution in [0.2, 0.25) is 0 Å². The summed E-state index contributed by atoms with van der Waals surface area (Å²) in [5, 5.41) is 20.9. The molecule has 1 heterocycles. The number of phenolic OH excluding ortho intramolecular Hbond substituents is 1. The molecule has 0 spiro atoms. The fourth-order valence-corrected chi connectivity index (χ4v) is 1.80. The van der Waals surface area contributed by atoms with Crippen LogP contribution in [0, 0.1) is 0 Å². The maximum atomic E-state index is 9.27. The molecule has 0 amide bonds. The largest absolute Gasteiger partial charge is 0.508 e. The van der Waals surface area contributed by atoms with Crippen molar-refractivity contribution in [2.24, 2.45) is 5.16 Å². The molecule has 0 radical (unpaired) electrons. The Bertz CT molecular complexity index is 389. The number of rotatable bonds is 0. The average molecular weight is 244 g/mol. The lowest BCUT2D eigenvalue weighted by Gasteiger charge is -2.01. The molecule has 2 rings (SSSR count). The Labute approximate surface area is 82.6 Å². The number of nitrogens with zero attached hydrogens (tertiary/aromatic N) is 1. The molecule has 5 heteroatoms. The molecular weight excluding hydrogens is 238 g/mol. The maximum Gasteiger partial charge on any atom is 0.143 e. The monoisotopic (exact) mass is 243 g/mol. The van der Waals surface area contributed by atoms with Gasteiger partial charge in [0.25, 0.3) is 0 Å². The summed E-state index contributed by atoms with van der Waals surface area (Å²) in [6.07, 6.45) is 0. The van der Waals surface area contributed by atoms with Crippen LogP contribution in [-0.4, -0.2) is 22.6 Å². The first-order valence-electron chi connectivity index (χ1n) is 3.59. The molecule has 0 aromatic heterocycles. The number of phenols is 1. The normalized spacial score (nSPS) is 17.2. The molecule has 1 aromatic rings. The van der Waals surface area contributed by atoms with Gasteiger partial charge in [0.15, 0.2) is 0 Å². The van der Waals surface area contributed by atoms with Crippen molar-refractivity contribution >= 4 is 21.6 Å². The highest BCUT2D eigenvalue weighted by atomic mass is 79.9. The molecule has 1 aliphatic rings. The van der Waals surface area contributed by atoms with E-state index in [0.717, 1.165) is 0 Å². The standard InChI is InChI=1S/C8H6BrNO3/c9-6-2-4(11)1-5-7(10-12)3-13-8(5)6/h1-2,11-12H,3H2/b10-7+. The van der Waals surface area contributed by atoms with Crippen LogP contribution in [0.5, 0.6) is 11.5 Å².